The minimum atomic E-state index is -0.478. The van der Waals surface area contributed by atoms with Gasteiger partial charge in [-0.1, -0.05) is 30.0 Å². The van der Waals surface area contributed by atoms with Crippen molar-refractivity contribution in [2.24, 2.45) is 5.73 Å². The molecule has 94 valence electrons. The van der Waals surface area contributed by atoms with Crippen LogP contribution in [0.25, 0.3) is 11.0 Å². The number of pyridine rings is 1. The van der Waals surface area contributed by atoms with Crippen molar-refractivity contribution in [3.8, 4) is 0 Å². The topological polar surface area (TPSA) is 71.8 Å². The third kappa shape index (κ3) is 2.32. The fraction of sp³-hybridized carbons (Fsp3) is 0. The Hall–Kier alpha value is -2.27. The summed E-state index contributed by atoms with van der Waals surface area (Å²) >= 11 is 1.62. The van der Waals surface area contributed by atoms with Crippen LogP contribution >= 0.6 is 11.8 Å². The number of nitrogens with one attached hydrogen (secondary N) is 1. The number of primary amides is 1. The van der Waals surface area contributed by atoms with Gasteiger partial charge in [-0.15, -0.1) is 0 Å². The second-order valence-corrected chi connectivity index (χ2v) is 5.15. The average molecular weight is 269 g/mol. The van der Waals surface area contributed by atoms with E-state index in [1.807, 2.05) is 36.4 Å². The molecule has 0 saturated carbocycles. The predicted molar refractivity (Wildman–Crippen MR) is 75.2 cm³/mol. The summed E-state index contributed by atoms with van der Waals surface area (Å²) in [5, 5.41) is 0. The zero-order valence-corrected chi connectivity index (χ0v) is 10.8. The summed E-state index contributed by atoms with van der Waals surface area (Å²) in [5.41, 5.74) is 7.24. The molecule has 2 heterocycles. The molecule has 1 aromatic carbocycles. The van der Waals surface area contributed by atoms with Crippen LogP contribution in [0.5, 0.6) is 0 Å². The Morgan fingerprint density at radius 2 is 2.00 bits per heavy atom. The Morgan fingerprint density at radius 1 is 1.21 bits per heavy atom. The minimum Gasteiger partial charge on any atom is -0.364 e. The van der Waals surface area contributed by atoms with Gasteiger partial charge in [0.2, 0.25) is 0 Å². The van der Waals surface area contributed by atoms with Gasteiger partial charge in [-0.05, 0) is 24.3 Å². The van der Waals surface area contributed by atoms with E-state index in [-0.39, 0.29) is 0 Å². The zero-order chi connectivity index (χ0) is 13.2. The number of benzene rings is 1. The van der Waals surface area contributed by atoms with Gasteiger partial charge in [-0.25, -0.2) is 0 Å². The number of carbonyl (C=O) groups excluding carboxylic acids is 1. The van der Waals surface area contributed by atoms with Crippen LogP contribution in [0.4, 0.5) is 0 Å². The molecule has 0 aliphatic rings. The molecule has 2 aromatic heterocycles. The molecule has 0 aliphatic carbocycles. The van der Waals surface area contributed by atoms with Gasteiger partial charge in [-0.2, -0.15) is 0 Å². The van der Waals surface area contributed by atoms with Crippen LogP contribution in [0, 0.1) is 0 Å². The number of amides is 1. The lowest BCUT2D eigenvalue weighted by Crippen LogP contribution is -2.10. The monoisotopic (exact) mass is 269 g/mol. The van der Waals surface area contributed by atoms with E-state index in [4.69, 9.17) is 5.73 Å². The maximum absolute atomic E-state index is 11.2. The van der Waals surface area contributed by atoms with Crippen LogP contribution in [-0.2, 0) is 0 Å². The highest BCUT2D eigenvalue weighted by molar-refractivity contribution is 7.99. The third-order valence-corrected chi connectivity index (χ3v) is 3.79. The van der Waals surface area contributed by atoms with Gasteiger partial charge < -0.3 is 10.7 Å². The number of aromatic nitrogens is 2. The van der Waals surface area contributed by atoms with Gasteiger partial charge >= 0.3 is 0 Å². The molecule has 0 fully saturated rings. The summed E-state index contributed by atoms with van der Waals surface area (Å²) in [5.74, 6) is -0.478. The summed E-state index contributed by atoms with van der Waals surface area (Å²) in [6.45, 7) is 0. The molecule has 0 aliphatic heterocycles. The Morgan fingerprint density at radius 3 is 2.74 bits per heavy atom. The molecule has 4 nitrogen and oxygen atoms in total. The van der Waals surface area contributed by atoms with Crippen molar-refractivity contribution in [2.45, 2.75) is 9.79 Å². The number of aromatic amines is 1. The summed E-state index contributed by atoms with van der Waals surface area (Å²) < 4.78 is 0. The molecule has 3 N–H and O–H groups in total. The first-order valence-electron chi connectivity index (χ1n) is 5.74. The van der Waals surface area contributed by atoms with Crippen LogP contribution in [-0.4, -0.2) is 15.9 Å². The van der Waals surface area contributed by atoms with Gasteiger partial charge in [0.15, 0.2) is 0 Å². The van der Waals surface area contributed by atoms with E-state index in [0.29, 0.717) is 5.69 Å². The molecule has 3 rings (SSSR count). The molecule has 0 spiro atoms. The predicted octanol–water partition coefficient (Wildman–Crippen LogP) is 2.81. The van der Waals surface area contributed by atoms with E-state index in [0.717, 1.165) is 20.8 Å². The van der Waals surface area contributed by atoms with Crippen LogP contribution in [0.1, 0.15) is 10.5 Å². The number of nitrogens with two attached hydrogens (primary N) is 1. The van der Waals surface area contributed by atoms with E-state index < -0.39 is 5.91 Å². The third-order valence-electron chi connectivity index (χ3n) is 2.72. The number of H-pyrrole nitrogens is 1. The fourth-order valence-corrected chi connectivity index (χ4v) is 2.77. The number of rotatable bonds is 3. The Labute approximate surface area is 114 Å². The average Bonchev–Trinajstić information content (AvgIpc) is 2.85. The normalized spacial score (nSPS) is 10.7. The highest BCUT2D eigenvalue weighted by Gasteiger charge is 2.10. The van der Waals surface area contributed by atoms with Crippen LogP contribution in [0.3, 0.4) is 0 Å². The molecule has 0 atom stereocenters. The first-order chi connectivity index (χ1) is 9.24. The van der Waals surface area contributed by atoms with E-state index in [9.17, 15) is 4.79 Å². The number of fused-ring (bicyclic) bond motifs is 1. The smallest absolute Gasteiger partial charge is 0.265 e. The van der Waals surface area contributed by atoms with Gasteiger partial charge in [0.05, 0.1) is 11.0 Å². The van der Waals surface area contributed by atoms with Crippen molar-refractivity contribution in [1.29, 1.82) is 0 Å². The number of hydrogen-bond donors (Lipinski definition) is 2. The quantitative estimate of drug-likeness (QED) is 0.768. The van der Waals surface area contributed by atoms with Gasteiger partial charge in [-0.3, -0.25) is 9.78 Å². The lowest BCUT2D eigenvalue weighted by atomic mass is 10.3. The van der Waals surface area contributed by atoms with Gasteiger partial charge in [0.1, 0.15) is 5.69 Å². The molecular formula is C14H11N3OS. The summed E-state index contributed by atoms with van der Waals surface area (Å²) in [6, 6.07) is 13.6. The largest absolute Gasteiger partial charge is 0.364 e. The van der Waals surface area contributed by atoms with Gasteiger partial charge in [0, 0.05) is 16.0 Å². The van der Waals surface area contributed by atoms with Crippen LogP contribution < -0.4 is 5.73 Å². The second-order valence-electron chi connectivity index (χ2n) is 4.03. The van der Waals surface area contributed by atoms with Crippen molar-refractivity contribution in [1.82, 2.24) is 9.97 Å². The van der Waals surface area contributed by atoms with E-state index in [2.05, 4.69) is 9.97 Å². The molecule has 3 aromatic rings. The molecule has 5 heteroatoms. The van der Waals surface area contributed by atoms with Crippen molar-refractivity contribution in [3.05, 3.63) is 54.4 Å². The number of nitrogens with zero attached hydrogens (tertiary/aromatic N) is 1. The zero-order valence-electron chi connectivity index (χ0n) is 9.96. The lowest BCUT2D eigenvalue weighted by molar-refractivity contribution is 0.0996. The van der Waals surface area contributed by atoms with Crippen molar-refractivity contribution < 1.29 is 4.79 Å². The molecule has 0 bridgehead atoms. The molecule has 0 unspecified atom stereocenters. The fourth-order valence-electron chi connectivity index (χ4n) is 1.84. The van der Waals surface area contributed by atoms with E-state index >= 15 is 0 Å². The minimum absolute atomic E-state index is 0.378. The highest BCUT2D eigenvalue weighted by Crippen LogP contribution is 2.32. The highest BCUT2D eigenvalue weighted by atomic mass is 32.2. The van der Waals surface area contributed by atoms with Crippen LogP contribution in [0.15, 0.2) is 58.5 Å². The van der Waals surface area contributed by atoms with Crippen molar-refractivity contribution >= 4 is 28.7 Å². The SMILES string of the molecule is NC(=O)c1cc2nccc(Sc3ccccc3)c2[nH]1. The number of carbonyl (C=O) groups is 1. The molecular weight excluding hydrogens is 258 g/mol. The Kier molecular flexibility index (Phi) is 2.97. The maximum atomic E-state index is 11.2. The van der Waals surface area contributed by atoms with E-state index in [1.54, 1.807) is 24.0 Å². The first-order valence-corrected chi connectivity index (χ1v) is 6.56. The molecule has 1 amide bonds. The van der Waals surface area contributed by atoms with Crippen molar-refractivity contribution in [2.75, 3.05) is 0 Å². The second kappa shape index (κ2) is 4.78. The summed E-state index contributed by atoms with van der Waals surface area (Å²) in [7, 11) is 0. The molecule has 0 saturated heterocycles. The van der Waals surface area contributed by atoms with Gasteiger partial charge in [0.25, 0.3) is 5.91 Å². The van der Waals surface area contributed by atoms with E-state index in [1.165, 1.54) is 0 Å². The number of hydrogen-bond acceptors (Lipinski definition) is 3. The molecule has 0 radical (unpaired) electrons. The van der Waals surface area contributed by atoms with Crippen LogP contribution in [0.2, 0.25) is 0 Å². The lowest BCUT2D eigenvalue weighted by Gasteiger charge is -2.02. The standard InChI is InChI=1S/C14H11N3OS/c15-14(18)11-8-10-13(17-11)12(6-7-16-10)19-9-4-2-1-3-5-9/h1-8,17H,(H2,15,18). The Balaban J connectivity index is 2.06. The Bertz CT molecular complexity index is 737. The molecule has 19 heavy (non-hydrogen) atoms. The van der Waals surface area contributed by atoms with Crippen molar-refractivity contribution in [3.63, 3.8) is 0 Å². The summed E-state index contributed by atoms with van der Waals surface area (Å²) in [6.07, 6.45) is 1.73. The summed E-state index contributed by atoms with van der Waals surface area (Å²) in [4.78, 5) is 20.6. The first kappa shape index (κ1) is 11.8. The maximum Gasteiger partial charge on any atom is 0.265 e.